The summed E-state index contributed by atoms with van der Waals surface area (Å²) < 4.78 is 7.25. The van der Waals surface area contributed by atoms with E-state index in [4.69, 9.17) is 4.43 Å². The molecule has 0 saturated heterocycles. The first-order chi connectivity index (χ1) is 15.2. The highest BCUT2D eigenvalue weighted by Crippen LogP contribution is 2.51. The van der Waals surface area contributed by atoms with Gasteiger partial charge in [-0.25, -0.2) is 0 Å². The van der Waals surface area contributed by atoms with Crippen LogP contribution in [0.4, 0.5) is 0 Å². The fourth-order valence-electron chi connectivity index (χ4n) is 6.07. The van der Waals surface area contributed by atoms with Crippen molar-refractivity contribution in [2.24, 2.45) is 11.3 Å². The molecular weight excluding hydrogens is 416 g/mol. The van der Waals surface area contributed by atoms with Crippen molar-refractivity contribution in [2.75, 3.05) is 0 Å². The van der Waals surface area contributed by atoms with Crippen LogP contribution in [0.2, 0.25) is 5.04 Å². The molecular formula is C27H34O4Si. The molecule has 2 saturated carbocycles. The molecule has 2 aromatic carbocycles. The van der Waals surface area contributed by atoms with E-state index in [0.717, 1.165) is 25.7 Å². The second-order valence-corrected chi connectivity index (χ2v) is 14.8. The summed E-state index contributed by atoms with van der Waals surface area (Å²) in [5.41, 5.74) is -0.530. The van der Waals surface area contributed by atoms with Gasteiger partial charge in [-0.2, -0.15) is 0 Å². The summed E-state index contributed by atoms with van der Waals surface area (Å²) >= 11 is 0. The molecule has 3 atom stereocenters. The molecule has 2 aliphatic rings. The molecule has 1 N–H and O–H groups in total. The monoisotopic (exact) mass is 450 g/mol. The lowest BCUT2D eigenvalue weighted by molar-refractivity contribution is -0.152. The zero-order valence-corrected chi connectivity index (χ0v) is 20.3. The van der Waals surface area contributed by atoms with E-state index in [1.165, 1.54) is 10.4 Å². The molecule has 5 heteroatoms. The molecule has 170 valence electrons. The summed E-state index contributed by atoms with van der Waals surface area (Å²) in [5, 5.41) is 11.9. The number of carbonyl (C=O) groups excluding carboxylic acids is 1. The molecule has 2 aliphatic carbocycles. The van der Waals surface area contributed by atoms with Gasteiger partial charge in [0.05, 0.1) is 0 Å². The summed E-state index contributed by atoms with van der Waals surface area (Å²) in [6.07, 6.45) is 4.19. The zero-order valence-electron chi connectivity index (χ0n) is 19.3. The second kappa shape index (κ2) is 8.60. The van der Waals surface area contributed by atoms with Crippen LogP contribution in [0, 0.1) is 11.3 Å². The standard InChI is InChI=1S/C27H34O4Si/c1-26(2,3)32(21-11-6-4-7-12-21,22-13-8-5-9-14-22)31-20-16-18-27(19-20)17-10-15-23(24(27)28)25(29)30/h4-9,11-14,20,23H,10,15-19H2,1-3H3,(H,29,30)/t20-,23?,27-/m1/s1. The third kappa shape index (κ3) is 3.86. The molecule has 2 fully saturated rings. The Morgan fingerprint density at radius 3 is 2.03 bits per heavy atom. The Hall–Kier alpha value is -2.24. The van der Waals surface area contributed by atoms with Crippen molar-refractivity contribution in [3.8, 4) is 0 Å². The third-order valence-corrected chi connectivity index (χ3v) is 12.7. The average Bonchev–Trinajstić information content (AvgIpc) is 3.17. The van der Waals surface area contributed by atoms with Crippen LogP contribution >= 0.6 is 0 Å². The van der Waals surface area contributed by atoms with Gasteiger partial charge in [0.2, 0.25) is 0 Å². The van der Waals surface area contributed by atoms with Crippen LogP contribution in [-0.2, 0) is 14.0 Å². The number of aliphatic carboxylic acids is 1. The molecule has 1 unspecified atom stereocenters. The highest BCUT2D eigenvalue weighted by molar-refractivity contribution is 6.99. The maximum absolute atomic E-state index is 13.2. The van der Waals surface area contributed by atoms with E-state index >= 15 is 0 Å². The number of carboxylic acids is 1. The molecule has 0 amide bonds. The molecule has 0 aromatic heterocycles. The Labute approximate surface area is 192 Å². The fourth-order valence-corrected chi connectivity index (χ4v) is 10.8. The number of hydrogen-bond acceptors (Lipinski definition) is 3. The number of hydrogen-bond donors (Lipinski definition) is 1. The predicted molar refractivity (Wildman–Crippen MR) is 129 cm³/mol. The maximum atomic E-state index is 13.2. The van der Waals surface area contributed by atoms with Crippen LogP contribution in [0.15, 0.2) is 60.7 Å². The number of carboxylic acid groups (broad SMARTS) is 1. The van der Waals surface area contributed by atoms with Gasteiger partial charge >= 0.3 is 5.97 Å². The van der Waals surface area contributed by atoms with Crippen molar-refractivity contribution in [1.29, 1.82) is 0 Å². The van der Waals surface area contributed by atoms with Crippen LogP contribution in [0.5, 0.6) is 0 Å². The number of rotatable bonds is 5. The van der Waals surface area contributed by atoms with Crippen LogP contribution < -0.4 is 10.4 Å². The normalized spacial score (nSPS) is 26.4. The Kier molecular flexibility index (Phi) is 6.16. The van der Waals surface area contributed by atoms with Crippen molar-refractivity contribution >= 4 is 30.4 Å². The number of Topliss-reactive ketones (excluding diaryl/α,β-unsaturated/α-hetero) is 1. The number of benzene rings is 2. The van der Waals surface area contributed by atoms with Gasteiger partial charge in [-0.1, -0.05) is 87.9 Å². The van der Waals surface area contributed by atoms with E-state index in [1.807, 2.05) is 12.1 Å². The van der Waals surface area contributed by atoms with Crippen molar-refractivity contribution < 1.29 is 19.1 Å². The highest BCUT2D eigenvalue weighted by atomic mass is 28.4. The summed E-state index contributed by atoms with van der Waals surface area (Å²) in [7, 11) is -2.68. The number of ketones is 1. The minimum Gasteiger partial charge on any atom is -0.481 e. The largest absolute Gasteiger partial charge is 0.481 e. The maximum Gasteiger partial charge on any atom is 0.314 e. The Morgan fingerprint density at radius 2 is 1.53 bits per heavy atom. The van der Waals surface area contributed by atoms with Crippen molar-refractivity contribution in [1.82, 2.24) is 0 Å². The van der Waals surface area contributed by atoms with E-state index in [9.17, 15) is 14.7 Å². The first kappa shape index (κ1) is 22.9. The third-order valence-electron chi connectivity index (χ3n) is 7.61. The molecule has 0 aliphatic heterocycles. The number of carbonyl (C=O) groups is 2. The summed E-state index contributed by atoms with van der Waals surface area (Å²) in [6, 6.07) is 21.1. The fraction of sp³-hybridized carbons (Fsp3) is 0.481. The quantitative estimate of drug-likeness (QED) is 0.536. The van der Waals surface area contributed by atoms with E-state index in [0.29, 0.717) is 12.8 Å². The van der Waals surface area contributed by atoms with E-state index in [2.05, 4.69) is 69.3 Å². The second-order valence-electron chi connectivity index (χ2n) is 10.6. The molecule has 0 heterocycles. The van der Waals surface area contributed by atoms with Crippen LogP contribution in [-0.4, -0.2) is 31.3 Å². The lowest BCUT2D eigenvalue weighted by Crippen LogP contribution is -2.67. The molecule has 4 nitrogen and oxygen atoms in total. The molecule has 0 bridgehead atoms. The predicted octanol–water partition coefficient (Wildman–Crippen LogP) is 4.56. The summed E-state index contributed by atoms with van der Waals surface area (Å²) in [4.78, 5) is 24.9. The van der Waals surface area contributed by atoms with Crippen LogP contribution in [0.3, 0.4) is 0 Å². The summed E-state index contributed by atoms with van der Waals surface area (Å²) in [5.74, 6) is -1.88. The minimum atomic E-state index is -2.68. The smallest absolute Gasteiger partial charge is 0.314 e. The van der Waals surface area contributed by atoms with Gasteiger partial charge in [0.1, 0.15) is 5.92 Å². The lowest BCUT2D eigenvalue weighted by Gasteiger charge is -2.45. The van der Waals surface area contributed by atoms with Gasteiger partial charge in [0.15, 0.2) is 5.78 Å². The lowest BCUT2D eigenvalue weighted by atomic mass is 9.67. The zero-order chi connectivity index (χ0) is 23.0. The SMILES string of the molecule is CC(C)(C)[Si](O[C@@H]1CC[C@]2(CCCC(C(=O)O)C2=O)C1)(c1ccccc1)c1ccccc1. The van der Waals surface area contributed by atoms with Gasteiger partial charge in [0, 0.05) is 11.5 Å². The minimum absolute atomic E-state index is 0.0437. The van der Waals surface area contributed by atoms with Crippen LogP contribution in [0.25, 0.3) is 0 Å². The van der Waals surface area contributed by atoms with Gasteiger partial charge in [-0.15, -0.1) is 0 Å². The topological polar surface area (TPSA) is 63.6 Å². The van der Waals surface area contributed by atoms with Crippen molar-refractivity contribution in [3.63, 3.8) is 0 Å². The molecule has 2 aromatic rings. The van der Waals surface area contributed by atoms with Crippen LogP contribution in [0.1, 0.15) is 59.3 Å². The molecule has 32 heavy (non-hydrogen) atoms. The molecule has 4 rings (SSSR count). The highest BCUT2D eigenvalue weighted by Gasteiger charge is 2.56. The van der Waals surface area contributed by atoms with Crippen molar-refractivity contribution in [2.45, 2.75) is 70.4 Å². The van der Waals surface area contributed by atoms with Crippen molar-refractivity contribution in [3.05, 3.63) is 60.7 Å². The van der Waals surface area contributed by atoms with Gasteiger partial charge in [-0.05, 0) is 47.5 Å². The Bertz CT molecular complexity index is 927. The van der Waals surface area contributed by atoms with Gasteiger partial charge < -0.3 is 9.53 Å². The van der Waals surface area contributed by atoms with E-state index < -0.39 is 25.6 Å². The Morgan fingerprint density at radius 1 is 0.969 bits per heavy atom. The van der Waals surface area contributed by atoms with Gasteiger partial charge in [0.25, 0.3) is 8.32 Å². The molecule has 0 radical (unpaired) electrons. The van der Waals surface area contributed by atoms with E-state index in [1.54, 1.807) is 0 Å². The van der Waals surface area contributed by atoms with Gasteiger partial charge in [-0.3, -0.25) is 9.59 Å². The first-order valence-corrected chi connectivity index (χ1v) is 13.7. The first-order valence-electron chi connectivity index (χ1n) is 11.8. The molecule has 1 spiro atoms. The van der Waals surface area contributed by atoms with E-state index in [-0.39, 0.29) is 16.9 Å². The summed E-state index contributed by atoms with van der Waals surface area (Å²) in [6.45, 7) is 6.78. The Balaban J connectivity index is 1.72. The average molecular weight is 451 g/mol.